The predicted octanol–water partition coefficient (Wildman–Crippen LogP) is 6.08. The number of rotatable bonds is 4. The molecule has 0 radical (unpaired) electrons. The Morgan fingerprint density at radius 1 is 0.917 bits per heavy atom. The Morgan fingerprint density at radius 2 is 1.58 bits per heavy atom. The zero-order valence-corrected chi connectivity index (χ0v) is 21.3. The third kappa shape index (κ3) is 4.11. The molecular formula is C29H34N6O. The molecular weight excluding hydrogens is 448 g/mol. The van der Waals surface area contributed by atoms with Gasteiger partial charge < -0.3 is 10.5 Å². The lowest BCUT2D eigenvalue weighted by Crippen LogP contribution is -2.63. The van der Waals surface area contributed by atoms with Gasteiger partial charge in [0.1, 0.15) is 29.3 Å². The molecule has 0 amide bonds. The summed E-state index contributed by atoms with van der Waals surface area (Å²) in [5, 5.41) is 5.92. The van der Waals surface area contributed by atoms with Crippen LogP contribution < -0.4 is 10.5 Å². The third-order valence-electron chi connectivity index (χ3n) is 7.99. The fraction of sp³-hybridized carbons (Fsp3) is 0.414. The van der Waals surface area contributed by atoms with Gasteiger partial charge in [-0.1, -0.05) is 18.2 Å². The number of hydrogen-bond acceptors (Lipinski definition) is 6. The van der Waals surface area contributed by atoms with E-state index >= 15 is 0 Å². The Hall–Kier alpha value is -3.45. The van der Waals surface area contributed by atoms with Crippen molar-refractivity contribution in [2.24, 2.45) is 5.41 Å². The zero-order valence-electron chi connectivity index (χ0n) is 21.3. The van der Waals surface area contributed by atoms with Crippen molar-refractivity contribution < 1.29 is 4.74 Å². The Kier molecular flexibility index (Phi) is 5.48. The lowest BCUT2D eigenvalue weighted by Gasteiger charge is -2.58. The van der Waals surface area contributed by atoms with Gasteiger partial charge in [0.2, 0.25) is 0 Å². The molecule has 7 heteroatoms. The fourth-order valence-corrected chi connectivity index (χ4v) is 5.77. The maximum atomic E-state index is 6.36. The van der Waals surface area contributed by atoms with Gasteiger partial charge in [0.15, 0.2) is 5.65 Å². The van der Waals surface area contributed by atoms with Gasteiger partial charge in [0.25, 0.3) is 0 Å². The normalized spacial score (nSPS) is 18.4. The van der Waals surface area contributed by atoms with Crippen LogP contribution in [0.2, 0.25) is 0 Å². The average Bonchev–Trinajstić information content (AvgIpc) is 3.24. The number of likely N-dealkylation sites (tertiary alicyclic amines) is 1. The Morgan fingerprint density at radius 3 is 2.25 bits per heavy atom. The molecule has 36 heavy (non-hydrogen) atoms. The first-order chi connectivity index (χ1) is 17.3. The van der Waals surface area contributed by atoms with Crippen molar-refractivity contribution in [3.05, 3.63) is 60.9 Å². The number of para-hydroxylation sites is 1. The Labute approximate surface area is 212 Å². The number of hydrogen-bond donors (Lipinski definition) is 1. The molecule has 2 aromatic carbocycles. The molecule has 2 aromatic heterocycles. The number of nitrogens with two attached hydrogens (primary N) is 1. The van der Waals surface area contributed by atoms with E-state index in [0.29, 0.717) is 17.3 Å². The lowest BCUT2D eigenvalue weighted by atomic mass is 9.66. The van der Waals surface area contributed by atoms with E-state index in [-0.39, 0.29) is 5.54 Å². The molecule has 1 aliphatic heterocycles. The minimum Gasteiger partial charge on any atom is -0.457 e. The van der Waals surface area contributed by atoms with E-state index in [9.17, 15) is 0 Å². The molecule has 186 valence electrons. The van der Waals surface area contributed by atoms with Crippen molar-refractivity contribution in [3.63, 3.8) is 0 Å². The summed E-state index contributed by atoms with van der Waals surface area (Å²) < 4.78 is 8.08. The molecule has 2 N–H and O–H groups in total. The number of ether oxygens (including phenoxy) is 1. The first-order valence-electron chi connectivity index (χ1n) is 12.9. The second kappa shape index (κ2) is 8.59. The van der Waals surface area contributed by atoms with Crippen LogP contribution in [0.1, 0.15) is 52.5 Å². The standard InChI is InChI=1S/C29H34N6O/c1-28(2,3)34-17-29(18-34)15-13-21(14-16-29)35-27-24(26(30)31-19-32-27)25(33-35)20-9-11-23(12-10-20)36-22-7-5-4-6-8-22/h4-12,19,21H,13-18H2,1-3H3,(H2,30,31,32). The van der Waals surface area contributed by atoms with Crippen LogP contribution in [-0.4, -0.2) is 43.3 Å². The van der Waals surface area contributed by atoms with Crippen LogP contribution in [0.5, 0.6) is 11.5 Å². The monoisotopic (exact) mass is 482 g/mol. The van der Waals surface area contributed by atoms with Crippen LogP contribution in [0.4, 0.5) is 5.82 Å². The second-order valence-electron chi connectivity index (χ2n) is 11.4. The van der Waals surface area contributed by atoms with Crippen molar-refractivity contribution in [1.82, 2.24) is 24.6 Å². The number of anilines is 1. The van der Waals surface area contributed by atoms with Crippen molar-refractivity contribution >= 4 is 16.9 Å². The van der Waals surface area contributed by atoms with Gasteiger partial charge in [-0.05, 0) is 88.3 Å². The summed E-state index contributed by atoms with van der Waals surface area (Å²) in [6, 6.07) is 18.1. The van der Waals surface area contributed by atoms with Crippen LogP contribution >= 0.6 is 0 Å². The molecule has 4 aromatic rings. The number of nitrogens with zero attached hydrogens (tertiary/aromatic N) is 5. The van der Waals surface area contributed by atoms with Gasteiger partial charge in [0, 0.05) is 24.2 Å². The number of nitrogen functional groups attached to an aromatic ring is 1. The highest BCUT2D eigenvalue weighted by molar-refractivity contribution is 5.98. The predicted molar refractivity (Wildman–Crippen MR) is 143 cm³/mol. The molecule has 7 nitrogen and oxygen atoms in total. The van der Waals surface area contributed by atoms with Gasteiger partial charge in [-0.3, -0.25) is 4.90 Å². The molecule has 0 unspecified atom stereocenters. The topological polar surface area (TPSA) is 82.1 Å². The summed E-state index contributed by atoms with van der Waals surface area (Å²) in [6.45, 7) is 9.36. The summed E-state index contributed by atoms with van der Waals surface area (Å²) in [5.41, 5.74) is 9.73. The van der Waals surface area contributed by atoms with E-state index in [4.69, 9.17) is 15.6 Å². The Bertz CT molecular complexity index is 1360. The van der Waals surface area contributed by atoms with E-state index in [2.05, 4.69) is 40.3 Å². The van der Waals surface area contributed by atoms with Crippen LogP contribution in [0.25, 0.3) is 22.3 Å². The van der Waals surface area contributed by atoms with Gasteiger partial charge in [-0.2, -0.15) is 5.10 Å². The summed E-state index contributed by atoms with van der Waals surface area (Å²) >= 11 is 0. The molecule has 1 saturated heterocycles. The number of aromatic nitrogens is 4. The molecule has 2 fully saturated rings. The summed E-state index contributed by atoms with van der Waals surface area (Å²) in [6.07, 6.45) is 6.23. The third-order valence-corrected chi connectivity index (χ3v) is 7.99. The molecule has 0 atom stereocenters. The first kappa shape index (κ1) is 23.0. The van der Waals surface area contributed by atoms with Gasteiger partial charge in [0.05, 0.1) is 11.4 Å². The smallest absolute Gasteiger partial charge is 0.164 e. The molecule has 3 heterocycles. The van der Waals surface area contributed by atoms with E-state index in [1.165, 1.54) is 25.9 Å². The largest absolute Gasteiger partial charge is 0.457 e. The number of fused-ring (bicyclic) bond motifs is 1. The van der Waals surface area contributed by atoms with E-state index < -0.39 is 0 Å². The van der Waals surface area contributed by atoms with Crippen LogP contribution in [0.3, 0.4) is 0 Å². The van der Waals surface area contributed by atoms with Crippen molar-refractivity contribution in [1.29, 1.82) is 0 Å². The maximum Gasteiger partial charge on any atom is 0.164 e. The molecule has 1 saturated carbocycles. The summed E-state index contributed by atoms with van der Waals surface area (Å²) in [4.78, 5) is 11.5. The summed E-state index contributed by atoms with van der Waals surface area (Å²) in [5.74, 6) is 2.06. The molecule has 0 bridgehead atoms. The highest BCUT2D eigenvalue weighted by atomic mass is 16.5. The van der Waals surface area contributed by atoms with E-state index in [1.54, 1.807) is 6.33 Å². The van der Waals surface area contributed by atoms with Crippen molar-refractivity contribution in [2.45, 2.75) is 58.0 Å². The number of benzene rings is 2. The van der Waals surface area contributed by atoms with Crippen LogP contribution in [0, 0.1) is 5.41 Å². The molecule has 1 aliphatic carbocycles. The molecule has 6 rings (SSSR count). The maximum absolute atomic E-state index is 6.36. The van der Waals surface area contributed by atoms with Gasteiger partial charge in [-0.25, -0.2) is 14.6 Å². The molecule has 2 aliphatic rings. The minimum atomic E-state index is 0.255. The zero-order chi connectivity index (χ0) is 24.9. The summed E-state index contributed by atoms with van der Waals surface area (Å²) in [7, 11) is 0. The highest BCUT2D eigenvalue weighted by Crippen LogP contribution is 2.49. The SMILES string of the molecule is CC(C)(C)N1CC2(CCC(n3nc(-c4ccc(Oc5ccccc5)cc4)c4c(N)ncnc43)CC2)C1. The van der Waals surface area contributed by atoms with Crippen LogP contribution in [-0.2, 0) is 0 Å². The second-order valence-corrected chi connectivity index (χ2v) is 11.4. The minimum absolute atomic E-state index is 0.255. The lowest BCUT2D eigenvalue weighted by molar-refractivity contribution is -0.0843. The van der Waals surface area contributed by atoms with Crippen molar-refractivity contribution in [3.8, 4) is 22.8 Å². The highest BCUT2D eigenvalue weighted by Gasteiger charge is 2.48. The average molecular weight is 483 g/mol. The van der Waals surface area contributed by atoms with Crippen molar-refractivity contribution in [2.75, 3.05) is 18.8 Å². The quantitative estimate of drug-likeness (QED) is 0.379. The fourth-order valence-electron chi connectivity index (χ4n) is 5.77. The first-order valence-corrected chi connectivity index (χ1v) is 12.9. The Balaban J connectivity index is 1.25. The van der Waals surface area contributed by atoms with Gasteiger partial charge >= 0.3 is 0 Å². The van der Waals surface area contributed by atoms with Gasteiger partial charge in [-0.15, -0.1) is 0 Å². The van der Waals surface area contributed by atoms with Crippen LogP contribution in [0.15, 0.2) is 60.9 Å². The van der Waals surface area contributed by atoms with E-state index in [1.807, 2.05) is 54.6 Å². The molecule has 1 spiro atoms. The van der Waals surface area contributed by atoms with E-state index in [0.717, 1.165) is 46.6 Å².